The van der Waals surface area contributed by atoms with Gasteiger partial charge < -0.3 is 9.64 Å². The first kappa shape index (κ1) is 18.7. The molecular weight excluding hydrogens is 365 g/mol. The normalized spacial score (nSPS) is 10.6. The van der Waals surface area contributed by atoms with Gasteiger partial charge in [0.25, 0.3) is 5.91 Å². The van der Waals surface area contributed by atoms with Crippen molar-refractivity contribution in [2.45, 2.75) is 0 Å². The number of amides is 1. The molecule has 0 aliphatic carbocycles. The fourth-order valence-electron chi connectivity index (χ4n) is 2.61. The Morgan fingerprint density at radius 2 is 1.89 bits per heavy atom. The number of hydrogen-bond acceptors (Lipinski definition) is 5. The van der Waals surface area contributed by atoms with Gasteiger partial charge in [-0.1, -0.05) is 24.3 Å². The molecule has 0 atom stereocenters. The summed E-state index contributed by atoms with van der Waals surface area (Å²) in [6.07, 6.45) is 4.70. The molecule has 0 radical (unpaired) electrons. The Balaban J connectivity index is 1.87. The van der Waals surface area contributed by atoms with Crippen molar-refractivity contribution in [2.75, 3.05) is 19.7 Å². The Morgan fingerprint density at radius 3 is 2.56 bits per heavy atom. The first-order valence-corrected chi connectivity index (χ1v) is 9.12. The lowest BCUT2D eigenvalue weighted by Crippen LogP contribution is -2.35. The van der Waals surface area contributed by atoms with Gasteiger partial charge in [-0.25, -0.2) is 14.4 Å². The summed E-state index contributed by atoms with van der Waals surface area (Å²) in [7, 11) is 0. The van der Waals surface area contributed by atoms with Crippen LogP contribution in [-0.4, -0.2) is 40.5 Å². The first-order valence-electron chi connectivity index (χ1n) is 8.24. The number of benzene rings is 1. The molecule has 5 nitrogen and oxygen atoms in total. The van der Waals surface area contributed by atoms with Crippen LogP contribution < -0.4 is 4.74 Å². The van der Waals surface area contributed by atoms with E-state index in [9.17, 15) is 9.18 Å². The molecule has 1 amide bonds. The third-order valence-corrected chi connectivity index (χ3v) is 4.76. The first-order chi connectivity index (χ1) is 13.1. The number of halogens is 1. The molecule has 0 saturated carbocycles. The lowest BCUT2D eigenvalue weighted by Gasteiger charge is -2.19. The molecule has 0 bridgehead atoms. The van der Waals surface area contributed by atoms with Crippen molar-refractivity contribution in [3.8, 4) is 17.0 Å². The van der Waals surface area contributed by atoms with E-state index in [2.05, 4.69) is 23.1 Å². The zero-order chi connectivity index (χ0) is 19.2. The molecule has 138 valence electrons. The summed E-state index contributed by atoms with van der Waals surface area (Å²) in [5.41, 5.74) is 1.67. The average molecular weight is 383 g/mol. The highest BCUT2D eigenvalue weighted by Gasteiger charge is 2.17. The Labute approximate surface area is 160 Å². The monoisotopic (exact) mass is 383 g/mol. The lowest BCUT2D eigenvalue weighted by atomic mass is 10.1. The molecule has 3 rings (SSSR count). The van der Waals surface area contributed by atoms with E-state index in [1.54, 1.807) is 29.2 Å². The second kappa shape index (κ2) is 8.55. The number of hydrogen-bond donors (Lipinski definition) is 0. The van der Waals surface area contributed by atoms with Crippen LogP contribution in [0.2, 0.25) is 0 Å². The summed E-state index contributed by atoms with van der Waals surface area (Å²) in [6, 6.07) is 6.17. The molecule has 2 aromatic heterocycles. The second-order valence-electron chi connectivity index (χ2n) is 5.68. The summed E-state index contributed by atoms with van der Waals surface area (Å²) in [5.74, 6) is -0.174. The van der Waals surface area contributed by atoms with E-state index in [0.29, 0.717) is 24.4 Å². The van der Waals surface area contributed by atoms with E-state index < -0.39 is 0 Å². The van der Waals surface area contributed by atoms with Crippen molar-refractivity contribution >= 4 is 27.5 Å². The molecule has 27 heavy (non-hydrogen) atoms. The highest BCUT2D eigenvalue weighted by Crippen LogP contribution is 2.37. The van der Waals surface area contributed by atoms with Gasteiger partial charge in [0.2, 0.25) is 5.88 Å². The average Bonchev–Trinajstić information content (AvgIpc) is 3.11. The van der Waals surface area contributed by atoms with E-state index in [1.807, 2.05) is 5.38 Å². The number of carbonyl (C=O) groups is 1. The van der Waals surface area contributed by atoms with Crippen LogP contribution in [0.3, 0.4) is 0 Å². The van der Waals surface area contributed by atoms with Crippen molar-refractivity contribution in [3.05, 3.63) is 67.1 Å². The van der Waals surface area contributed by atoms with Crippen LogP contribution in [0.25, 0.3) is 21.3 Å². The van der Waals surface area contributed by atoms with Crippen LogP contribution >= 0.6 is 11.3 Å². The predicted molar refractivity (Wildman–Crippen MR) is 105 cm³/mol. The molecule has 0 aliphatic heterocycles. The van der Waals surface area contributed by atoms with E-state index in [0.717, 1.165) is 16.0 Å². The van der Waals surface area contributed by atoms with Crippen LogP contribution in [0.4, 0.5) is 4.39 Å². The SMILES string of the molecule is C=CCN(CC=C)C(=O)COc1ncnc2scc(-c3ccc(F)cc3)c12. The van der Waals surface area contributed by atoms with Gasteiger partial charge in [-0.3, -0.25) is 4.79 Å². The van der Waals surface area contributed by atoms with Crippen molar-refractivity contribution < 1.29 is 13.9 Å². The number of rotatable bonds is 8. The molecule has 0 N–H and O–H groups in total. The second-order valence-corrected chi connectivity index (χ2v) is 6.54. The zero-order valence-electron chi connectivity index (χ0n) is 14.6. The van der Waals surface area contributed by atoms with Crippen LogP contribution in [0.5, 0.6) is 5.88 Å². The number of thiophene rings is 1. The third-order valence-electron chi connectivity index (χ3n) is 3.87. The molecule has 1 aromatic carbocycles. The molecule has 0 spiro atoms. The van der Waals surface area contributed by atoms with Crippen molar-refractivity contribution in [2.24, 2.45) is 0 Å². The molecule has 0 unspecified atom stereocenters. The number of nitrogens with zero attached hydrogens (tertiary/aromatic N) is 3. The molecule has 0 fully saturated rings. The fourth-order valence-corrected chi connectivity index (χ4v) is 3.52. The zero-order valence-corrected chi connectivity index (χ0v) is 15.4. The highest BCUT2D eigenvalue weighted by atomic mass is 32.1. The minimum absolute atomic E-state index is 0.160. The third kappa shape index (κ3) is 4.20. The van der Waals surface area contributed by atoms with Crippen LogP contribution in [0.1, 0.15) is 0 Å². The van der Waals surface area contributed by atoms with Crippen molar-refractivity contribution in [1.29, 1.82) is 0 Å². The van der Waals surface area contributed by atoms with Gasteiger partial charge >= 0.3 is 0 Å². The van der Waals surface area contributed by atoms with Crippen LogP contribution in [-0.2, 0) is 4.79 Å². The minimum Gasteiger partial charge on any atom is -0.467 e. The van der Waals surface area contributed by atoms with Gasteiger partial charge in [-0.2, -0.15) is 0 Å². The highest BCUT2D eigenvalue weighted by molar-refractivity contribution is 7.17. The van der Waals surface area contributed by atoms with Crippen LogP contribution in [0, 0.1) is 5.82 Å². The summed E-state index contributed by atoms with van der Waals surface area (Å²) in [6.45, 7) is 7.97. The maximum Gasteiger partial charge on any atom is 0.261 e. The molecule has 3 aromatic rings. The van der Waals surface area contributed by atoms with Crippen LogP contribution in [0.15, 0.2) is 61.3 Å². The van der Waals surface area contributed by atoms with E-state index in [1.165, 1.54) is 29.8 Å². The molecular formula is C20H18FN3O2S. The maximum atomic E-state index is 13.2. The lowest BCUT2D eigenvalue weighted by molar-refractivity contribution is -0.132. The van der Waals surface area contributed by atoms with Crippen molar-refractivity contribution in [3.63, 3.8) is 0 Å². The maximum absolute atomic E-state index is 13.2. The smallest absolute Gasteiger partial charge is 0.261 e. The predicted octanol–water partition coefficient (Wildman–Crippen LogP) is 4.08. The fraction of sp³-hybridized carbons (Fsp3) is 0.150. The number of aromatic nitrogens is 2. The largest absolute Gasteiger partial charge is 0.467 e. The summed E-state index contributed by atoms with van der Waals surface area (Å²) >= 11 is 1.44. The van der Waals surface area contributed by atoms with E-state index >= 15 is 0 Å². The molecule has 0 aliphatic rings. The topological polar surface area (TPSA) is 55.3 Å². The Hall–Kier alpha value is -3.06. The molecule has 7 heteroatoms. The van der Waals surface area contributed by atoms with Gasteiger partial charge in [-0.05, 0) is 17.7 Å². The number of ether oxygens (including phenoxy) is 1. The quantitative estimate of drug-likeness (QED) is 0.550. The molecule has 2 heterocycles. The van der Waals surface area contributed by atoms with E-state index in [-0.39, 0.29) is 18.3 Å². The van der Waals surface area contributed by atoms with E-state index in [4.69, 9.17) is 4.74 Å². The van der Waals surface area contributed by atoms with Gasteiger partial charge in [0.1, 0.15) is 17.0 Å². The van der Waals surface area contributed by atoms with Gasteiger partial charge in [0.05, 0.1) is 5.39 Å². The number of carbonyl (C=O) groups excluding carboxylic acids is 1. The number of fused-ring (bicyclic) bond motifs is 1. The Morgan fingerprint density at radius 1 is 1.19 bits per heavy atom. The Kier molecular flexibility index (Phi) is 5.93. The summed E-state index contributed by atoms with van der Waals surface area (Å²) < 4.78 is 19.0. The Bertz CT molecular complexity index is 959. The summed E-state index contributed by atoms with van der Waals surface area (Å²) in [4.78, 5) is 23.2. The van der Waals surface area contributed by atoms with Gasteiger partial charge in [0, 0.05) is 24.0 Å². The summed E-state index contributed by atoms with van der Waals surface area (Å²) in [5, 5.41) is 2.63. The standard InChI is InChI=1S/C20H18FN3O2S/c1-3-9-24(10-4-2)17(25)11-26-19-18-16(12-27-20(18)23-13-22-19)14-5-7-15(21)8-6-14/h3-8,12-13H,1-2,9-11H2. The molecule has 0 saturated heterocycles. The van der Waals surface area contributed by atoms with Gasteiger partial charge in [-0.15, -0.1) is 24.5 Å². The van der Waals surface area contributed by atoms with Gasteiger partial charge in [0.15, 0.2) is 6.61 Å². The van der Waals surface area contributed by atoms with Crippen molar-refractivity contribution in [1.82, 2.24) is 14.9 Å². The minimum atomic E-state index is -0.305.